The monoisotopic (exact) mass is 294 g/mol. The SMILES string of the molecule is COC(=O)C[C@@H](N)c1cncc(Br)c1.Cl. The van der Waals surface area contributed by atoms with E-state index in [4.69, 9.17) is 5.73 Å². The van der Waals surface area contributed by atoms with Gasteiger partial charge in [0.1, 0.15) is 0 Å². The summed E-state index contributed by atoms with van der Waals surface area (Å²) in [6.45, 7) is 0. The summed E-state index contributed by atoms with van der Waals surface area (Å²) in [6, 6.07) is 1.47. The second kappa shape index (κ2) is 6.76. The zero-order chi connectivity index (χ0) is 10.6. The third-order valence-corrected chi connectivity index (χ3v) is 2.20. The molecular weight excluding hydrogens is 283 g/mol. The van der Waals surface area contributed by atoms with Gasteiger partial charge < -0.3 is 10.5 Å². The lowest BCUT2D eigenvalue weighted by Crippen LogP contribution is -2.16. The maximum Gasteiger partial charge on any atom is 0.307 e. The van der Waals surface area contributed by atoms with Gasteiger partial charge in [0, 0.05) is 22.9 Å². The smallest absolute Gasteiger partial charge is 0.307 e. The molecule has 0 fully saturated rings. The summed E-state index contributed by atoms with van der Waals surface area (Å²) in [5.41, 5.74) is 6.59. The van der Waals surface area contributed by atoms with Crippen molar-refractivity contribution < 1.29 is 9.53 Å². The molecule has 0 saturated carbocycles. The number of aromatic nitrogens is 1. The lowest BCUT2D eigenvalue weighted by atomic mass is 10.1. The zero-order valence-corrected chi connectivity index (χ0v) is 10.5. The van der Waals surface area contributed by atoms with Gasteiger partial charge in [0.2, 0.25) is 0 Å². The van der Waals surface area contributed by atoms with Crippen LogP contribution in [0.25, 0.3) is 0 Å². The molecule has 0 aliphatic carbocycles. The first-order chi connectivity index (χ1) is 6.63. The normalized spacial score (nSPS) is 11.4. The number of nitrogens with two attached hydrogens (primary N) is 1. The van der Waals surface area contributed by atoms with Crippen LogP contribution in [0.15, 0.2) is 22.9 Å². The average molecular weight is 296 g/mol. The Bertz CT molecular complexity index is 336. The van der Waals surface area contributed by atoms with Crippen molar-refractivity contribution in [1.82, 2.24) is 4.98 Å². The van der Waals surface area contributed by atoms with Crippen molar-refractivity contribution >= 4 is 34.3 Å². The van der Waals surface area contributed by atoms with Gasteiger partial charge in [0.05, 0.1) is 13.5 Å². The first-order valence-electron chi connectivity index (χ1n) is 4.06. The fraction of sp³-hybridized carbons (Fsp3) is 0.333. The van der Waals surface area contributed by atoms with Crippen LogP contribution >= 0.6 is 28.3 Å². The van der Waals surface area contributed by atoms with E-state index in [0.717, 1.165) is 10.0 Å². The van der Waals surface area contributed by atoms with E-state index in [1.165, 1.54) is 7.11 Å². The molecule has 0 spiro atoms. The van der Waals surface area contributed by atoms with E-state index in [1.807, 2.05) is 6.07 Å². The van der Waals surface area contributed by atoms with Crippen LogP contribution in [0.1, 0.15) is 18.0 Å². The first kappa shape index (κ1) is 14.3. The van der Waals surface area contributed by atoms with Crippen LogP contribution < -0.4 is 5.73 Å². The fourth-order valence-electron chi connectivity index (χ4n) is 1.01. The number of nitrogens with zero attached hydrogens (tertiary/aromatic N) is 1. The lowest BCUT2D eigenvalue weighted by molar-refractivity contribution is -0.141. The van der Waals surface area contributed by atoms with E-state index >= 15 is 0 Å². The fourth-order valence-corrected chi connectivity index (χ4v) is 1.39. The Labute approximate surface area is 103 Å². The summed E-state index contributed by atoms with van der Waals surface area (Å²) in [6.07, 6.45) is 3.46. The molecule has 1 rings (SSSR count). The van der Waals surface area contributed by atoms with E-state index in [1.54, 1.807) is 12.4 Å². The summed E-state index contributed by atoms with van der Waals surface area (Å²) in [4.78, 5) is 14.9. The number of hydrogen-bond acceptors (Lipinski definition) is 4. The first-order valence-corrected chi connectivity index (χ1v) is 4.85. The largest absolute Gasteiger partial charge is 0.469 e. The summed E-state index contributed by atoms with van der Waals surface area (Å²) in [7, 11) is 1.34. The van der Waals surface area contributed by atoms with E-state index < -0.39 is 0 Å². The molecule has 0 aliphatic rings. The van der Waals surface area contributed by atoms with Crippen molar-refractivity contribution in [1.29, 1.82) is 0 Å². The predicted octanol–water partition coefficient (Wildman–Crippen LogP) is 1.83. The van der Waals surface area contributed by atoms with Gasteiger partial charge in [0.25, 0.3) is 0 Å². The van der Waals surface area contributed by atoms with Crippen molar-refractivity contribution in [2.24, 2.45) is 5.73 Å². The number of carbonyl (C=O) groups is 1. The minimum atomic E-state index is -0.368. The number of rotatable bonds is 3. The van der Waals surface area contributed by atoms with Gasteiger partial charge in [-0.3, -0.25) is 9.78 Å². The Morgan fingerprint density at radius 2 is 2.33 bits per heavy atom. The maximum absolute atomic E-state index is 10.9. The predicted molar refractivity (Wildman–Crippen MR) is 62.7 cm³/mol. The van der Waals surface area contributed by atoms with E-state index in [2.05, 4.69) is 25.7 Å². The van der Waals surface area contributed by atoms with Crippen LogP contribution in [-0.4, -0.2) is 18.1 Å². The van der Waals surface area contributed by atoms with Gasteiger partial charge in [-0.25, -0.2) is 0 Å². The van der Waals surface area contributed by atoms with E-state index in [-0.39, 0.29) is 30.8 Å². The van der Waals surface area contributed by atoms with E-state index in [0.29, 0.717) is 0 Å². The Hall–Kier alpha value is -0.650. The minimum Gasteiger partial charge on any atom is -0.469 e. The molecule has 4 nitrogen and oxygen atoms in total. The molecule has 1 heterocycles. The highest BCUT2D eigenvalue weighted by Gasteiger charge is 2.12. The van der Waals surface area contributed by atoms with Crippen molar-refractivity contribution in [2.75, 3.05) is 7.11 Å². The van der Waals surface area contributed by atoms with E-state index in [9.17, 15) is 4.79 Å². The molecule has 0 radical (unpaired) electrons. The van der Waals surface area contributed by atoms with Crippen molar-refractivity contribution in [2.45, 2.75) is 12.5 Å². The summed E-state index contributed by atoms with van der Waals surface area (Å²) in [5, 5.41) is 0. The summed E-state index contributed by atoms with van der Waals surface area (Å²) >= 11 is 3.28. The Morgan fingerprint density at radius 3 is 2.87 bits per heavy atom. The van der Waals surface area contributed by atoms with Crippen LogP contribution in [0, 0.1) is 0 Å². The van der Waals surface area contributed by atoms with Crippen molar-refractivity contribution in [3.05, 3.63) is 28.5 Å². The lowest BCUT2D eigenvalue weighted by Gasteiger charge is -2.09. The minimum absolute atomic E-state index is 0. The number of esters is 1. The Balaban J connectivity index is 0.00000196. The molecule has 0 bridgehead atoms. The van der Waals surface area contributed by atoms with Crippen molar-refractivity contribution in [3.63, 3.8) is 0 Å². The van der Waals surface area contributed by atoms with Gasteiger partial charge >= 0.3 is 5.97 Å². The number of pyridine rings is 1. The number of hydrogen-bond donors (Lipinski definition) is 1. The molecule has 0 amide bonds. The van der Waals surface area contributed by atoms with Crippen molar-refractivity contribution in [3.8, 4) is 0 Å². The molecule has 6 heteroatoms. The Morgan fingerprint density at radius 1 is 1.67 bits per heavy atom. The highest BCUT2D eigenvalue weighted by atomic mass is 79.9. The molecule has 84 valence electrons. The topological polar surface area (TPSA) is 65.2 Å². The van der Waals surface area contributed by atoms with Crippen LogP contribution in [0.3, 0.4) is 0 Å². The standard InChI is InChI=1S/C9H11BrN2O2.ClH/c1-14-9(13)3-8(11)6-2-7(10)5-12-4-6;/h2,4-5,8H,3,11H2,1H3;1H/t8-;/m1./s1. The second-order valence-corrected chi connectivity index (χ2v) is 3.74. The summed E-state index contributed by atoms with van der Waals surface area (Å²) < 4.78 is 5.36. The van der Waals surface area contributed by atoms with Gasteiger partial charge in [-0.05, 0) is 27.6 Å². The molecule has 15 heavy (non-hydrogen) atoms. The molecule has 0 aromatic carbocycles. The van der Waals surface area contributed by atoms with Gasteiger partial charge in [-0.2, -0.15) is 0 Å². The quantitative estimate of drug-likeness (QED) is 0.864. The van der Waals surface area contributed by atoms with Crippen LogP contribution in [0.2, 0.25) is 0 Å². The maximum atomic E-state index is 10.9. The molecule has 1 atom stereocenters. The van der Waals surface area contributed by atoms with Crippen LogP contribution in [-0.2, 0) is 9.53 Å². The van der Waals surface area contributed by atoms with Crippen LogP contribution in [0.4, 0.5) is 0 Å². The third kappa shape index (κ3) is 4.59. The molecule has 1 aromatic rings. The van der Waals surface area contributed by atoms with Crippen LogP contribution in [0.5, 0.6) is 0 Å². The molecule has 2 N–H and O–H groups in total. The van der Waals surface area contributed by atoms with Gasteiger partial charge in [-0.1, -0.05) is 0 Å². The van der Waals surface area contributed by atoms with Gasteiger partial charge in [-0.15, -0.1) is 12.4 Å². The molecule has 0 aliphatic heterocycles. The number of halogens is 2. The zero-order valence-electron chi connectivity index (χ0n) is 8.14. The molecule has 0 saturated heterocycles. The van der Waals surface area contributed by atoms with Gasteiger partial charge in [0.15, 0.2) is 0 Å². The molecule has 1 aromatic heterocycles. The molecule has 0 unspecified atom stereocenters. The highest BCUT2D eigenvalue weighted by molar-refractivity contribution is 9.10. The number of carbonyl (C=O) groups excluding carboxylic acids is 1. The average Bonchev–Trinajstić information content (AvgIpc) is 2.17. The summed E-state index contributed by atoms with van der Waals surface area (Å²) in [5.74, 6) is -0.322. The Kier molecular flexibility index (Phi) is 6.47. The third-order valence-electron chi connectivity index (χ3n) is 1.77. The number of methoxy groups -OCH3 is 1. The molecular formula is C9H12BrClN2O2. The number of ether oxygens (including phenoxy) is 1. The second-order valence-electron chi connectivity index (χ2n) is 2.82. The highest BCUT2D eigenvalue weighted by Crippen LogP contribution is 2.17.